The summed E-state index contributed by atoms with van der Waals surface area (Å²) in [6.45, 7) is 1.02. The molecule has 3 N–H and O–H groups in total. The number of unbranched alkanes of at least 4 members (excludes halogenated alkanes) is 1. The second-order valence-corrected chi connectivity index (χ2v) is 5.21. The molecule has 0 saturated heterocycles. The second-order valence-electron chi connectivity index (χ2n) is 3.37. The Bertz CT molecular complexity index is 305. The van der Waals surface area contributed by atoms with Crippen LogP contribution < -0.4 is 11.1 Å². The van der Waals surface area contributed by atoms with E-state index in [-0.39, 0.29) is 0 Å². The van der Waals surface area contributed by atoms with Crippen molar-refractivity contribution in [2.75, 3.05) is 29.6 Å². The summed E-state index contributed by atoms with van der Waals surface area (Å²) in [6, 6.07) is 5.84. The van der Waals surface area contributed by atoms with Gasteiger partial charge in [-0.25, -0.2) is 0 Å². The van der Waals surface area contributed by atoms with Crippen LogP contribution in [0.1, 0.15) is 12.8 Å². The van der Waals surface area contributed by atoms with Gasteiger partial charge in [-0.2, -0.15) is 11.8 Å². The van der Waals surface area contributed by atoms with Crippen molar-refractivity contribution in [1.29, 1.82) is 0 Å². The third-order valence-electron chi connectivity index (χ3n) is 2.08. The number of thioether (sulfide) groups is 1. The Labute approximate surface area is 104 Å². The van der Waals surface area contributed by atoms with E-state index in [1.165, 1.54) is 18.6 Å². The first kappa shape index (κ1) is 12.7. The Morgan fingerprint density at radius 2 is 2.20 bits per heavy atom. The Morgan fingerprint density at radius 1 is 1.40 bits per heavy atom. The van der Waals surface area contributed by atoms with Crippen LogP contribution in [0.25, 0.3) is 0 Å². The van der Waals surface area contributed by atoms with Crippen LogP contribution in [-0.2, 0) is 0 Å². The van der Waals surface area contributed by atoms with Crippen LogP contribution >= 0.6 is 27.7 Å². The topological polar surface area (TPSA) is 38.0 Å². The number of anilines is 2. The average molecular weight is 289 g/mol. The molecule has 1 aromatic rings. The highest BCUT2D eigenvalue weighted by molar-refractivity contribution is 9.10. The van der Waals surface area contributed by atoms with Crippen LogP contribution in [0.15, 0.2) is 22.7 Å². The fourth-order valence-corrected chi connectivity index (χ4v) is 2.30. The summed E-state index contributed by atoms with van der Waals surface area (Å²) < 4.78 is 1.03. The molecule has 84 valence electrons. The fraction of sp³-hybridized carbons (Fsp3) is 0.455. The SMILES string of the molecule is CSCCCCNc1ccc(N)cc1Br. The van der Waals surface area contributed by atoms with Crippen molar-refractivity contribution in [3.05, 3.63) is 22.7 Å². The molecule has 0 spiro atoms. The lowest BCUT2D eigenvalue weighted by molar-refractivity contribution is 0.843. The van der Waals surface area contributed by atoms with Crippen molar-refractivity contribution >= 4 is 39.1 Å². The predicted octanol–water partition coefficient (Wildman–Crippen LogP) is 3.59. The number of rotatable bonds is 6. The summed E-state index contributed by atoms with van der Waals surface area (Å²) in [6.07, 6.45) is 4.61. The standard InChI is InChI=1S/C11H17BrN2S/c1-15-7-3-2-6-14-11-5-4-9(13)8-10(11)12/h4-5,8,14H,2-3,6-7,13H2,1H3. The van der Waals surface area contributed by atoms with Crippen molar-refractivity contribution < 1.29 is 0 Å². The molecule has 0 fully saturated rings. The van der Waals surface area contributed by atoms with E-state index >= 15 is 0 Å². The van der Waals surface area contributed by atoms with Crippen LogP contribution in [0.4, 0.5) is 11.4 Å². The van der Waals surface area contributed by atoms with Crippen LogP contribution in [0.2, 0.25) is 0 Å². The minimum absolute atomic E-state index is 0.787. The minimum Gasteiger partial charge on any atom is -0.399 e. The van der Waals surface area contributed by atoms with E-state index < -0.39 is 0 Å². The van der Waals surface area contributed by atoms with Crippen LogP contribution in [0.5, 0.6) is 0 Å². The molecule has 15 heavy (non-hydrogen) atoms. The quantitative estimate of drug-likeness (QED) is 0.621. The lowest BCUT2D eigenvalue weighted by Crippen LogP contribution is -2.02. The number of nitrogens with two attached hydrogens (primary N) is 1. The molecule has 0 atom stereocenters. The van der Waals surface area contributed by atoms with Crippen LogP contribution in [-0.4, -0.2) is 18.6 Å². The van der Waals surface area contributed by atoms with Crippen LogP contribution in [0.3, 0.4) is 0 Å². The van der Waals surface area contributed by atoms with Gasteiger partial charge in [-0.3, -0.25) is 0 Å². The van der Waals surface area contributed by atoms with E-state index in [1.807, 2.05) is 30.0 Å². The normalized spacial score (nSPS) is 10.3. The molecule has 0 bridgehead atoms. The minimum atomic E-state index is 0.787. The first-order chi connectivity index (χ1) is 7.24. The Balaban J connectivity index is 2.31. The van der Waals surface area contributed by atoms with Crippen molar-refractivity contribution in [1.82, 2.24) is 0 Å². The third kappa shape index (κ3) is 4.80. The number of halogens is 1. The average Bonchev–Trinajstić information content (AvgIpc) is 2.20. The summed E-state index contributed by atoms with van der Waals surface area (Å²) in [4.78, 5) is 0. The molecule has 1 rings (SSSR count). The summed E-state index contributed by atoms with van der Waals surface area (Å²) in [5.41, 5.74) is 7.57. The molecule has 0 radical (unpaired) electrons. The molecule has 1 aromatic carbocycles. The zero-order chi connectivity index (χ0) is 11.1. The summed E-state index contributed by atoms with van der Waals surface area (Å²) in [5, 5.41) is 3.39. The maximum atomic E-state index is 5.66. The highest BCUT2D eigenvalue weighted by Crippen LogP contribution is 2.24. The van der Waals surface area contributed by atoms with E-state index in [4.69, 9.17) is 5.73 Å². The largest absolute Gasteiger partial charge is 0.399 e. The van der Waals surface area contributed by atoms with Crippen molar-refractivity contribution in [3.8, 4) is 0 Å². The number of benzene rings is 1. The van der Waals surface area contributed by atoms with E-state index in [1.54, 1.807) is 0 Å². The number of hydrogen-bond acceptors (Lipinski definition) is 3. The maximum Gasteiger partial charge on any atom is 0.0486 e. The molecule has 0 heterocycles. The predicted molar refractivity (Wildman–Crippen MR) is 74.7 cm³/mol. The number of nitrogens with one attached hydrogen (secondary N) is 1. The number of nitrogen functional groups attached to an aromatic ring is 1. The molecular weight excluding hydrogens is 272 g/mol. The van der Waals surface area contributed by atoms with Crippen molar-refractivity contribution in [3.63, 3.8) is 0 Å². The molecule has 0 aliphatic heterocycles. The van der Waals surface area contributed by atoms with Gasteiger partial charge in [0.2, 0.25) is 0 Å². The molecule has 0 amide bonds. The summed E-state index contributed by atoms with van der Waals surface area (Å²) in [5.74, 6) is 1.24. The summed E-state index contributed by atoms with van der Waals surface area (Å²) in [7, 11) is 0. The first-order valence-corrected chi connectivity index (χ1v) is 7.20. The van der Waals surface area contributed by atoms with E-state index in [2.05, 4.69) is 27.5 Å². The molecule has 0 unspecified atom stereocenters. The molecule has 0 aliphatic carbocycles. The lowest BCUT2D eigenvalue weighted by atomic mass is 10.2. The Hall–Kier alpha value is -0.350. The monoisotopic (exact) mass is 288 g/mol. The zero-order valence-electron chi connectivity index (χ0n) is 8.92. The Morgan fingerprint density at radius 3 is 2.87 bits per heavy atom. The van der Waals surface area contributed by atoms with Gasteiger partial charge in [-0.05, 0) is 59.0 Å². The molecule has 0 saturated carbocycles. The van der Waals surface area contributed by atoms with Crippen molar-refractivity contribution in [2.24, 2.45) is 0 Å². The van der Waals surface area contributed by atoms with Gasteiger partial charge in [0, 0.05) is 22.4 Å². The van der Waals surface area contributed by atoms with Gasteiger partial charge in [0.15, 0.2) is 0 Å². The van der Waals surface area contributed by atoms with E-state index in [0.29, 0.717) is 0 Å². The molecule has 0 aliphatic rings. The highest BCUT2D eigenvalue weighted by atomic mass is 79.9. The van der Waals surface area contributed by atoms with Gasteiger partial charge < -0.3 is 11.1 Å². The van der Waals surface area contributed by atoms with Gasteiger partial charge in [-0.15, -0.1) is 0 Å². The highest BCUT2D eigenvalue weighted by Gasteiger charge is 1.98. The van der Waals surface area contributed by atoms with E-state index in [0.717, 1.165) is 22.4 Å². The van der Waals surface area contributed by atoms with Gasteiger partial charge in [0.1, 0.15) is 0 Å². The first-order valence-electron chi connectivity index (χ1n) is 5.02. The lowest BCUT2D eigenvalue weighted by Gasteiger charge is -2.08. The van der Waals surface area contributed by atoms with Gasteiger partial charge >= 0.3 is 0 Å². The van der Waals surface area contributed by atoms with Crippen LogP contribution in [0, 0.1) is 0 Å². The Kier molecular flexibility index (Phi) is 5.95. The zero-order valence-corrected chi connectivity index (χ0v) is 11.3. The molecule has 0 aromatic heterocycles. The maximum absolute atomic E-state index is 5.66. The van der Waals surface area contributed by atoms with E-state index in [9.17, 15) is 0 Å². The third-order valence-corrected chi connectivity index (χ3v) is 3.44. The van der Waals surface area contributed by atoms with Gasteiger partial charge in [-0.1, -0.05) is 0 Å². The second kappa shape index (κ2) is 7.01. The molecule has 4 heteroatoms. The van der Waals surface area contributed by atoms with Gasteiger partial charge in [0.05, 0.1) is 0 Å². The molecule has 2 nitrogen and oxygen atoms in total. The smallest absolute Gasteiger partial charge is 0.0486 e. The van der Waals surface area contributed by atoms with Gasteiger partial charge in [0.25, 0.3) is 0 Å². The van der Waals surface area contributed by atoms with Crippen molar-refractivity contribution in [2.45, 2.75) is 12.8 Å². The fourth-order valence-electron chi connectivity index (χ4n) is 1.27. The molecular formula is C11H17BrN2S. The summed E-state index contributed by atoms with van der Waals surface area (Å²) >= 11 is 5.38. The number of hydrogen-bond donors (Lipinski definition) is 2.